The molecule has 0 atom stereocenters. The van der Waals surface area contributed by atoms with Gasteiger partial charge in [-0.05, 0) is 11.6 Å². The average Bonchev–Trinajstić information content (AvgIpc) is 2.23. The van der Waals surface area contributed by atoms with Crippen LogP contribution in [0.15, 0.2) is 24.5 Å². The van der Waals surface area contributed by atoms with Gasteiger partial charge in [0.1, 0.15) is 0 Å². The van der Waals surface area contributed by atoms with Crippen LogP contribution < -0.4 is 5.84 Å². The Hall–Kier alpha value is -0.970. The first-order chi connectivity index (χ1) is 6.84. The SMILES string of the molecule is NN1CCN(Cc2cccnc2)CC1. The Bertz CT molecular complexity index is 267. The van der Waals surface area contributed by atoms with E-state index >= 15 is 0 Å². The molecule has 2 heterocycles. The van der Waals surface area contributed by atoms with Gasteiger partial charge in [0.05, 0.1) is 0 Å². The largest absolute Gasteiger partial charge is 0.296 e. The highest BCUT2D eigenvalue weighted by Gasteiger charge is 2.13. The van der Waals surface area contributed by atoms with Crippen LogP contribution in [0.4, 0.5) is 0 Å². The minimum absolute atomic E-state index is 0.959. The molecule has 1 aromatic rings. The van der Waals surface area contributed by atoms with Crippen LogP contribution in [0.3, 0.4) is 0 Å². The Morgan fingerprint density at radius 1 is 1.29 bits per heavy atom. The van der Waals surface area contributed by atoms with Gasteiger partial charge in [-0.3, -0.25) is 15.7 Å². The number of hydrogen-bond acceptors (Lipinski definition) is 4. The molecule has 0 radical (unpaired) electrons. The number of piperazine rings is 1. The summed E-state index contributed by atoms with van der Waals surface area (Å²) in [6.45, 7) is 5.00. The van der Waals surface area contributed by atoms with E-state index in [-0.39, 0.29) is 0 Å². The van der Waals surface area contributed by atoms with E-state index in [1.165, 1.54) is 5.56 Å². The van der Waals surface area contributed by atoms with Crippen molar-refractivity contribution in [2.75, 3.05) is 26.2 Å². The predicted octanol–water partition coefficient (Wildman–Crippen LogP) is 0.0729. The average molecular weight is 192 g/mol. The fraction of sp³-hybridized carbons (Fsp3) is 0.500. The summed E-state index contributed by atoms with van der Waals surface area (Å²) >= 11 is 0. The first-order valence-electron chi connectivity index (χ1n) is 4.95. The van der Waals surface area contributed by atoms with Gasteiger partial charge < -0.3 is 0 Å². The molecule has 0 bridgehead atoms. The van der Waals surface area contributed by atoms with Crippen molar-refractivity contribution in [3.63, 3.8) is 0 Å². The van der Waals surface area contributed by atoms with E-state index in [1.54, 1.807) is 6.20 Å². The lowest BCUT2D eigenvalue weighted by Gasteiger charge is -2.31. The molecule has 1 saturated heterocycles. The van der Waals surface area contributed by atoms with E-state index < -0.39 is 0 Å². The molecule has 0 aromatic carbocycles. The molecule has 76 valence electrons. The molecule has 2 rings (SSSR count). The third kappa shape index (κ3) is 2.51. The number of aromatic nitrogens is 1. The van der Waals surface area contributed by atoms with E-state index in [4.69, 9.17) is 5.84 Å². The molecule has 1 aromatic heterocycles. The molecule has 1 aliphatic heterocycles. The first kappa shape index (κ1) is 9.58. The fourth-order valence-corrected chi connectivity index (χ4v) is 1.67. The Kier molecular flexibility index (Phi) is 3.08. The second-order valence-corrected chi connectivity index (χ2v) is 3.67. The summed E-state index contributed by atoms with van der Waals surface area (Å²) in [4.78, 5) is 6.51. The fourth-order valence-electron chi connectivity index (χ4n) is 1.67. The third-order valence-electron chi connectivity index (χ3n) is 2.54. The van der Waals surface area contributed by atoms with Crippen molar-refractivity contribution in [2.45, 2.75) is 6.54 Å². The number of pyridine rings is 1. The van der Waals surface area contributed by atoms with Crippen molar-refractivity contribution in [1.82, 2.24) is 14.9 Å². The van der Waals surface area contributed by atoms with E-state index in [9.17, 15) is 0 Å². The normalized spacial score (nSPS) is 19.8. The van der Waals surface area contributed by atoms with Crippen LogP contribution in [0.25, 0.3) is 0 Å². The molecule has 1 aliphatic rings. The second-order valence-electron chi connectivity index (χ2n) is 3.67. The maximum absolute atomic E-state index is 5.68. The lowest BCUT2D eigenvalue weighted by Crippen LogP contribution is -2.48. The Morgan fingerprint density at radius 2 is 2.07 bits per heavy atom. The lowest BCUT2D eigenvalue weighted by molar-refractivity contribution is 0.128. The van der Waals surface area contributed by atoms with Crippen LogP contribution in [0.1, 0.15) is 5.56 Å². The van der Waals surface area contributed by atoms with E-state index in [0.717, 1.165) is 32.7 Å². The third-order valence-corrected chi connectivity index (χ3v) is 2.54. The van der Waals surface area contributed by atoms with E-state index in [0.29, 0.717) is 0 Å². The first-order valence-corrected chi connectivity index (χ1v) is 4.95. The minimum atomic E-state index is 0.959. The van der Waals surface area contributed by atoms with Gasteiger partial charge in [-0.15, -0.1) is 0 Å². The van der Waals surface area contributed by atoms with Crippen LogP contribution in [-0.4, -0.2) is 41.1 Å². The van der Waals surface area contributed by atoms with E-state index in [1.807, 2.05) is 17.3 Å². The van der Waals surface area contributed by atoms with Gasteiger partial charge in [0.2, 0.25) is 0 Å². The molecular weight excluding hydrogens is 176 g/mol. The number of hydrazine groups is 1. The smallest absolute Gasteiger partial charge is 0.0312 e. The molecule has 0 unspecified atom stereocenters. The molecule has 0 spiro atoms. The van der Waals surface area contributed by atoms with Crippen molar-refractivity contribution >= 4 is 0 Å². The van der Waals surface area contributed by atoms with Gasteiger partial charge >= 0.3 is 0 Å². The Labute approximate surface area is 84.3 Å². The Morgan fingerprint density at radius 3 is 2.71 bits per heavy atom. The van der Waals surface area contributed by atoms with Crippen LogP contribution in [0.2, 0.25) is 0 Å². The van der Waals surface area contributed by atoms with Crippen molar-refractivity contribution < 1.29 is 0 Å². The molecule has 1 fully saturated rings. The summed E-state index contributed by atoms with van der Waals surface area (Å²) in [5, 5.41) is 1.87. The number of rotatable bonds is 2. The van der Waals surface area contributed by atoms with Crippen LogP contribution >= 0.6 is 0 Å². The minimum Gasteiger partial charge on any atom is -0.296 e. The predicted molar refractivity (Wildman–Crippen MR) is 55.3 cm³/mol. The van der Waals surface area contributed by atoms with Crippen LogP contribution in [0.5, 0.6) is 0 Å². The highest BCUT2D eigenvalue weighted by atomic mass is 15.4. The van der Waals surface area contributed by atoms with Gasteiger partial charge in [-0.2, -0.15) is 0 Å². The summed E-state index contributed by atoms with van der Waals surface area (Å²) in [5.41, 5.74) is 1.28. The molecular formula is C10H16N4. The summed E-state index contributed by atoms with van der Waals surface area (Å²) in [6, 6.07) is 4.09. The molecule has 14 heavy (non-hydrogen) atoms. The molecule has 2 N–H and O–H groups in total. The zero-order valence-electron chi connectivity index (χ0n) is 8.26. The van der Waals surface area contributed by atoms with Crippen molar-refractivity contribution in [3.8, 4) is 0 Å². The van der Waals surface area contributed by atoms with Crippen LogP contribution in [0, 0.1) is 0 Å². The Balaban J connectivity index is 1.87. The molecule has 4 nitrogen and oxygen atoms in total. The zero-order chi connectivity index (χ0) is 9.80. The summed E-state index contributed by atoms with van der Waals surface area (Å²) < 4.78 is 0. The zero-order valence-corrected chi connectivity index (χ0v) is 8.26. The highest BCUT2D eigenvalue weighted by molar-refractivity contribution is 5.08. The van der Waals surface area contributed by atoms with Crippen molar-refractivity contribution in [3.05, 3.63) is 30.1 Å². The molecule has 0 amide bonds. The quantitative estimate of drug-likeness (QED) is 0.674. The molecule has 0 saturated carbocycles. The number of nitrogens with two attached hydrogens (primary N) is 1. The van der Waals surface area contributed by atoms with Crippen LogP contribution in [-0.2, 0) is 6.54 Å². The van der Waals surface area contributed by atoms with Crippen molar-refractivity contribution in [2.24, 2.45) is 5.84 Å². The van der Waals surface area contributed by atoms with Gasteiger partial charge in [-0.25, -0.2) is 5.01 Å². The summed E-state index contributed by atoms with van der Waals surface area (Å²) in [5.74, 6) is 5.68. The highest BCUT2D eigenvalue weighted by Crippen LogP contribution is 2.05. The molecule has 0 aliphatic carbocycles. The standard InChI is InChI=1S/C10H16N4/c11-14-6-4-13(5-7-14)9-10-2-1-3-12-8-10/h1-3,8H,4-7,9,11H2. The maximum Gasteiger partial charge on any atom is 0.0312 e. The van der Waals surface area contributed by atoms with Gasteiger partial charge in [0, 0.05) is 45.1 Å². The molecule has 4 heteroatoms. The second kappa shape index (κ2) is 4.50. The maximum atomic E-state index is 5.68. The van der Waals surface area contributed by atoms with Gasteiger partial charge in [0.25, 0.3) is 0 Å². The van der Waals surface area contributed by atoms with Gasteiger partial charge in [0.15, 0.2) is 0 Å². The van der Waals surface area contributed by atoms with E-state index in [2.05, 4.69) is 16.0 Å². The number of nitrogens with zero attached hydrogens (tertiary/aromatic N) is 3. The summed E-state index contributed by atoms with van der Waals surface area (Å²) in [7, 11) is 0. The lowest BCUT2D eigenvalue weighted by atomic mass is 10.2. The summed E-state index contributed by atoms with van der Waals surface area (Å²) in [6.07, 6.45) is 3.73. The van der Waals surface area contributed by atoms with Crippen molar-refractivity contribution in [1.29, 1.82) is 0 Å². The van der Waals surface area contributed by atoms with Gasteiger partial charge in [-0.1, -0.05) is 6.07 Å². The monoisotopic (exact) mass is 192 g/mol. The topological polar surface area (TPSA) is 45.4 Å². The number of hydrogen-bond donors (Lipinski definition) is 1.